The van der Waals surface area contributed by atoms with Crippen molar-refractivity contribution in [1.29, 1.82) is 0 Å². The molecular formula is C21H28N2O4. The Balaban J connectivity index is 1.43. The fraction of sp³-hybridized carbons (Fsp3) is 0.619. The lowest BCUT2D eigenvalue weighted by Gasteiger charge is -2.32. The van der Waals surface area contributed by atoms with Crippen molar-refractivity contribution < 1.29 is 19.1 Å². The van der Waals surface area contributed by atoms with E-state index in [1.807, 2.05) is 40.1 Å². The summed E-state index contributed by atoms with van der Waals surface area (Å²) >= 11 is 0. The maximum Gasteiger partial charge on any atom is 0.252 e. The van der Waals surface area contributed by atoms with Gasteiger partial charge in [-0.05, 0) is 37.3 Å². The Morgan fingerprint density at radius 1 is 1.11 bits per heavy atom. The van der Waals surface area contributed by atoms with Crippen LogP contribution >= 0.6 is 0 Å². The third-order valence-electron chi connectivity index (χ3n) is 6.09. The van der Waals surface area contributed by atoms with Crippen LogP contribution in [0.25, 0.3) is 0 Å². The Bertz CT molecular complexity index is 674. The second-order valence-corrected chi connectivity index (χ2v) is 8.13. The fourth-order valence-electron chi connectivity index (χ4n) is 4.47. The predicted octanol–water partition coefficient (Wildman–Crippen LogP) is 2.09. The minimum Gasteiger partial charge on any atom is -0.381 e. The summed E-state index contributed by atoms with van der Waals surface area (Å²) < 4.78 is 11.1. The highest BCUT2D eigenvalue weighted by Crippen LogP contribution is 2.36. The third-order valence-corrected chi connectivity index (χ3v) is 6.09. The van der Waals surface area contributed by atoms with Crippen LogP contribution in [0.3, 0.4) is 0 Å². The number of para-hydroxylation sites is 1. The maximum atomic E-state index is 12.8. The summed E-state index contributed by atoms with van der Waals surface area (Å²) in [7, 11) is 0. The van der Waals surface area contributed by atoms with Gasteiger partial charge in [0.2, 0.25) is 5.91 Å². The number of carbonyl (C=O) groups excluding carboxylic acids is 2. The highest BCUT2D eigenvalue weighted by molar-refractivity contribution is 5.94. The van der Waals surface area contributed by atoms with Gasteiger partial charge in [0.1, 0.15) is 6.61 Å². The molecule has 3 aliphatic heterocycles. The molecule has 0 aromatic heterocycles. The van der Waals surface area contributed by atoms with E-state index in [1.54, 1.807) is 0 Å². The summed E-state index contributed by atoms with van der Waals surface area (Å²) in [6.45, 7) is 4.20. The van der Waals surface area contributed by atoms with Crippen LogP contribution in [0.5, 0.6) is 0 Å². The SMILES string of the molecule is O=C(CC1CCOCC1)N1CCC2(COCC(=O)N(c3ccccc3)C2)C1. The Kier molecular flexibility index (Phi) is 5.45. The van der Waals surface area contributed by atoms with Crippen LogP contribution in [0.15, 0.2) is 30.3 Å². The molecule has 4 rings (SSSR count). The summed E-state index contributed by atoms with van der Waals surface area (Å²) in [6, 6.07) is 9.75. The molecule has 1 aromatic carbocycles. The second kappa shape index (κ2) is 7.98. The molecule has 3 saturated heterocycles. The summed E-state index contributed by atoms with van der Waals surface area (Å²) in [6.07, 6.45) is 3.44. The largest absolute Gasteiger partial charge is 0.381 e. The standard InChI is InChI=1S/C21H28N2O4/c24-19(12-17-6-10-26-11-7-17)22-9-8-21(14-22)15-23(20(25)13-27-16-21)18-4-2-1-3-5-18/h1-5,17H,6-16H2. The molecule has 1 aromatic rings. The molecule has 1 spiro atoms. The highest BCUT2D eigenvalue weighted by Gasteiger charge is 2.44. The summed E-state index contributed by atoms with van der Waals surface area (Å²) in [5, 5.41) is 0. The van der Waals surface area contributed by atoms with Crippen molar-refractivity contribution in [3.05, 3.63) is 30.3 Å². The van der Waals surface area contributed by atoms with E-state index in [-0.39, 0.29) is 23.8 Å². The summed E-state index contributed by atoms with van der Waals surface area (Å²) in [5.74, 6) is 0.668. The zero-order chi connectivity index (χ0) is 18.7. The van der Waals surface area contributed by atoms with Gasteiger partial charge in [-0.3, -0.25) is 9.59 Å². The molecule has 27 heavy (non-hydrogen) atoms. The van der Waals surface area contributed by atoms with Crippen LogP contribution < -0.4 is 4.90 Å². The first-order chi connectivity index (χ1) is 13.2. The van der Waals surface area contributed by atoms with Gasteiger partial charge in [-0.15, -0.1) is 0 Å². The average molecular weight is 372 g/mol. The van der Waals surface area contributed by atoms with Crippen molar-refractivity contribution >= 4 is 17.5 Å². The Morgan fingerprint density at radius 3 is 2.67 bits per heavy atom. The number of amides is 2. The second-order valence-electron chi connectivity index (χ2n) is 8.13. The van der Waals surface area contributed by atoms with Crippen LogP contribution in [-0.2, 0) is 19.1 Å². The van der Waals surface area contributed by atoms with E-state index in [1.165, 1.54) is 0 Å². The molecular weight excluding hydrogens is 344 g/mol. The molecule has 1 unspecified atom stereocenters. The Morgan fingerprint density at radius 2 is 1.89 bits per heavy atom. The fourth-order valence-corrected chi connectivity index (χ4v) is 4.47. The maximum absolute atomic E-state index is 12.8. The molecule has 1 atom stereocenters. The first kappa shape index (κ1) is 18.4. The van der Waals surface area contributed by atoms with Gasteiger partial charge in [-0.1, -0.05) is 18.2 Å². The van der Waals surface area contributed by atoms with E-state index < -0.39 is 0 Å². The van der Waals surface area contributed by atoms with Crippen molar-refractivity contribution in [3.63, 3.8) is 0 Å². The minimum atomic E-state index is -0.173. The molecule has 0 saturated carbocycles. The van der Waals surface area contributed by atoms with Gasteiger partial charge < -0.3 is 19.3 Å². The van der Waals surface area contributed by atoms with Gasteiger partial charge in [0.25, 0.3) is 5.91 Å². The van der Waals surface area contributed by atoms with E-state index in [9.17, 15) is 9.59 Å². The molecule has 0 N–H and O–H groups in total. The van der Waals surface area contributed by atoms with Gasteiger partial charge in [0.15, 0.2) is 0 Å². The zero-order valence-electron chi connectivity index (χ0n) is 15.8. The third kappa shape index (κ3) is 4.17. The van der Waals surface area contributed by atoms with Crippen molar-refractivity contribution in [2.24, 2.45) is 11.3 Å². The predicted molar refractivity (Wildman–Crippen MR) is 101 cm³/mol. The highest BCUT2D eigenvalue weighted by atomic mass is 16.5. The number of benzene rings is 1. The number of carbonyl (C=O) groups is 2. The van der Waals surface area contributed by atoms with Crippen LogP contribution in [0, 0.1) is 11.3 Å². The minimum absolute atomic E-state index is 0.00921. The lowest BCUT2D eigenvalue weighted by Crippen LogP contribution is -2.43. The van der Waals surface area contributed by atoms with Crippen molar-refractivity contribution in [3.8, 4) is 0 Å². The molecule has 6 nitrogen and oxygen atoms in total. The zero-order valence-corrected chi connectivity index (χ0v) is 15.8. The molecule has 3 aliphatic rings. The number of hydrogen-bond acceptors (Lipinski definition) is 4. The van der Waals surface area contributed by atoms with Gasteiger partial charge in [-0.2, -0.15) is 0 Å². The number of nitrogens with zero attached hydrogens (tertiary/aromatic N) is 2. The van der Waals surface area contributed by atoms with Crippen LogP contribution in [0.2, 0.25) is 0 Å². The molecule has 0 radical (unpaired) electrons. The topological polar surface area (TPSA) is 59.1 Å². The molecule has 0 bridgehead atoms. The first-order valence-corrected chi connectivity index (χ1v) is 9.94. The van der Waals surface area contributed by atoms with Crippen molar-refractivity contribution in [2.45, 2.75) is 25.7 Å². The number of ether oxygens (including phenoxy) is 2. The normalized spacial score (nSPS) is 27.2. The van der Waals surface area contributed by atoms with E-state index in [2.05, 4.69) is 0 Å². The average Bonchev–Trinajstić information content (AvgIpc) is 3.04. The lowest BCUT2D eigenvalue weighted by atomic mass is 9.87. The van der Waals surface area contributed by atoms with E-state index in [0.717, 1.165) is 44.7 Å². The van der Waals surface area contributed by atoms with Crippen molar-refractivity contribution in [2.75, 3.05) is 51.0 Å². The quantitative estimate of drug-likeness (QED) is 0.815. The molecule has 0 aliphatic carbocycles. The lowest BCUT2D eigenvalue weighted by molar-refractivity contribution is -0.132. The van der Waals surface area contributed by atoms with Crippen LogP contribution in [-0.4, -0.2) is 62.8 Å². The molecule has 2 amide bonds. The number of anilines is 1. The van der Waals surface area contributed by atoms with Crippen LogP contribution in [0.4, 0.5) is 5.69 Å². The summed E-state index contributed by atoms with van der Waals surface area (Å²) in [4.78, 5) is 29.2. The first-order valence-electron chi connectivity index (χ1n) is 9.94. The smallest absolute Gasteiger partial charge is 0.252 e. The summed E-state index contributed by atoms with van der Waals surface area (Å²) in [5.41, 5.74) is 0.729. The van der Waals surface area contributed by atoms with E-state index >= 15 is 0 Å². The monoisotopic (exact) mass is 372 g/mol. The molecule has 146 valence electrons. The van der Waals surface area contributed by atoms with Crippen molar-refractivity contribution in [1.82, 2.24) is 4.90 Å². The van der Waals surface area contributed by atoms with E-state index in [4.69, 9.17) is 9.47 Å². The number of rotatable bonds is 3. The van der Waals surface area contributed by atoms with Gasteiger partial charge in [0, 0.05) is 50.4 Å². The molecule has 3 fully saturated rings. The molecule has 3 heterocycles. The van der Waals surface area contributed by atoms with Gasteiger partial charge in [-0.25, -0.2) is 0 Å². The molecule has 6 heteroatoms. The Hall–Kier alpha value is -1.92. The van der Waals surface area contributed by atoms with Gasteiger partial charge in [0.05, 0.1) is 6.61 Å². The Labute approximate surface area is 160 Å². The van der Waals surface area contributed by atoms with E-state index in [0.29, 0.717) is 32.0 Å². The van der Waals surface area contributed by atoms with Gasteiger partial charge >= 0.3 is 0 Å². The van der Waals surface area contributed by atoms with Crippen LogP contribution in [0.1, 0.15) is 25.7 Å². The number of hydrogen-bond donors (Lipinski definition) is 0. The number of likely N-dealkylation sites (tertiary alicyclic amines) is 1.